The van der Waals surface area contributed by atoms with E-state index in [1.807, 2.05) is 0 Å². The van der Waals surface area contributed by atoms with Crippen LogP contribution in [-0.2, 0) is 0 Å². The first kappa shape index (κ1) is 6.37. The molecule has 4 rings (SSSR count). The van der Waals surface area contributed by atoms with Gasteiger partial charge in [-0.2, -0.15) is 5.53 Å². The summed E-state index contributed by atoms with van der Waals surface area (Å²) >= 11 is 0. The molecule has 62 valence electrons. The molecule has 0 aliphatic carbocycles. The Bertz CT molecular complexity index is 156. The van der Waals surface area contributed by atoms with Gasteiger partial charge in [0.05, 0.1) is 0 Å². The Morgan fingerprint density at radius 2 is 1.91 bits per heavy atom. The highest BCUT2D eigenvalue weighted by molar-refractivity contribution is 5.02. The van der Waals surface area contributed by atoms with Crippen molar-refractivity contribution in [1.29, 1.82) is 0 Å². The molecular weight excluding hydrogens is 140 g/mol. The summed E-state index contributed by atoms with van der Waals surface area (Å²) in [6.07, 6.45) is 1.22. The zero-order valence-electron chi connectivity index (χ0n) is 6.58. The summed E-state index contributed by atoms with van der Waals surface area (Å²) in [4.78, 5) is 0. The van der Waals surface area contributed by atoms with E-state index in [1.54, 1.807) is 0 Å². The molecule has 0 aromatic heterocycles. The predicted molar refractivity (Wildman–Crippen MR) is 41.3 cm³/mol. The molecule has 4 bridgehead atoms. The van der Waals surface area contributed by atoms with Crippen molar-refractivity contribution in [1.82, 2.24) is 15.6 Å². The van der Waals surface area contributed by atoms with Gasteiger partial charge in [-0.1, -0.05) is 0 Å². The molecule has 11 heavy (non-hydrogen) atoms. The van der Waals surface area contributed by atoms with E-state index in [9.17, 15) is 0 Å². The molecule has 0 saturated carbocycles. The van der Waals surface area contributed by atoms with Gasteiger partial charge in [-0.3, -0.25) is 0 Å². The molecule has 0 aromatic carbocycles. The summed E-state index contributed by atoms with van der Waals surface area (Å²) in [6.45, 7) is 4.44. The second-order valence-electron chi connectivity index (χ2n) is 4.29. The molecule has 4 aliphatic rings. The van der Waals surface area contributed by atoms with Crippen LogP contribution < -0.4 is 11.3 Å². The third kappa shape index (κ3) is 0.840. The van der Waals surface area contributed by atoms with Crippen LogP contribution in [0.5, 0.6) is 0 Å². The summed E-state index contributed by atoms with van der Waals surface area (Å²) in [5.74, 6) is 0.809. The smallest absolute Gasteiger partial charge is 0.0445 e. The molecule has 4 aliphatic heterocycles. The monoisotopic (exact) mass is 154 g/mol. The Hall–Kier alpha value is -0.160. The van der Waals surface area contributed by atoms with Crippen LogP contribution in [0, 0.1) is 5.92 Å². The van der Waals surface area contributed by atoms with Gasteiger partial charge >= 0.3 is 0 Å². The topological polar surface area (TPSA) is 44.5 Å². The largest absolute Gasteiger partial charge is 0.323 e. The van der Waals surface area contributed by atoms with Crippen LogP contribution >= 0.6 is 0 Å². The Balaban J connectivity index is 1.94. The Morgan fingerprint density at radius 3 is 2.36 bits per heavy atom. The van der Waals surface area contributed by atoms with E-state index in [0.29, 0.717) is 0 Å². The molecule has 0 radical (unpaired) electrons. The first-order valence-corrected chi connectivity index (χ1v) is 4.29. The highest BCUT2D eigenvalue weighted by Crippen LogP contribution is 2.32. The lowest BCUT2D eigenvalue weighted by Gasteiger charge is -2.57. The van der Waals surface area contributed by atoms with Gasteiger partial charge in [0.15, 0.2) is 0 Å². The lowest BCUT2D eigenvalue weighted by Crippen LogP contribution is -2.78. The van der Waals surface area contributed by atoms with E-state index in [1.165, 1.54) is 19.5 Å². The number of nitrogens with two attached hydrogens (primary N) is 1. The molecule has 4 heteroatoms. The molecular formula is C7H14N4. The van der Waals surface area contributed by atoms with Gasteiger partial charge in [-0.25, -0.2) is 10.0 Å². The average Bonchev–Trinajstić information content (AvgIpc) is 1.79. The lowest BCUT2D eigenvalue weighted by molar-refractivity contribution is -0.149. The molecule has 4 heterocycles. The number of hydrogen-bond donors (Lipinski definition) is 2. The van der Waals surface area contributed by atoms with Crippen molar-refractivity contribution in [2.45, 2.75) is 12.0 Å². The van der Waals surface area contributed by atoms with Crippen molar-refractivity contribution in [2.75, 3.05) is 26.2 Å². The van der Waals surface area contributed by atoms with Crippen molar-refractivity contribution in [2.24, 2.45) is 11.7 Å². The lowest BCUT2D eigenvalue weighted by atomic mass is 9.79. The van der Waals surface area contributed by atoms with Crippen molar-refractivity contribution in [3.63, 3.8) is 0 Å². The first-order chi connectivity index (χ1) is 5.23. The Morgan fingerprint density at radius 1 is 1.27 bits per heavy atom. The molecule has 4 saturated heterocycles. The zero-order valence-corrected chi connectivity index (χ0v) is 6.58. The number of hydrazine groups is 2. The highest BCUT2D eigenvalue weighted by atomic mass is 15.8. The minimum atomic E-state index is 0.0897. The van der Waals surface area contributed by atoms with Crippen LogP contribution in [-0.4, -0.2) is 41.7 Å². The molecule has 0 aromatic rings. The first-order valence-electron chi connectivity index (χ1n) is 4.29. The number of nitrogens with zero attached hydrogens (tertiary/aromatic N) is 2. The fourth-order valence-electron chi connectivity index (χ4n) is 2.81. The standard InChI is InChI=1S/C7H14N4/c8-7-1-6-2-10(4-7)9-11(3-6)5-7/h6,9H,1-5,8H2. The van der Waals surface area contributed by atoms with E-state index in [2.05, 4.69) is 15.6 Å². The van der Waals surface area contributed by atoms with E-state index in [-0.39, 0.29) is 5.54 Å². The van der Waals surface area contributed by atoms with Crippen molar-refractivity contribution in [3.8, 4) is 0 Å². The molecule has 2 unspecified atom stereocenters. The molecule has 4 fully saturated rings. The molecule has 0 spiro atoms. The quantitative estimate of drug-likeness (QED) is 0.458. The third-order valence-corrected chi connectivity index (χ3v) is 2.95. The summed E-state index contributed by atoms with van der Waals surface area (Å²) in [5.41, 5.74) is 9.61. The van der Waals surface area contributed by atoms with Gasteiger partial charge in [-0.05, 0) is 12.3 Å². The van der Waals surface area contributed by atoms with Crippen LogP contribution in [0.25, 0.3) is 0 Å². The SMILES string of the molecule is NC12CC3CN(C1)NN(C3)C2. The zero-order chi connectivity index (χ0) is 7.47. The maximum absolute atomic E-state index is 6.20. The van der Waals surface area contributed by atoms with Crippen LogP contribution in [0.2, 0.25) is 0 Å². The van der Waals surface area contributed by atoms with E-state index < -0.39 is 0 Å². The van der Waals surface area contributed by atoms with Gasteiger partial charge in [0.1, 0.15) is 0 Å². The minimum Gasteiger partial charge on any atom is -0.323 e. The summed E-state index contributed by atoms with van der Waals surface area (Å²) < 4.78 is 0. The van der Waals surface area contributed by atoms with E-state index in [4.69, 9.17) is 5.73 Å². The number of nitrogens with one attached hydrogen (secondary N) is 1. The Kier molecular flexibility index (Phi) is 1.02. The fraction of sp³-hybridized carbons (Fsp3) is 1.00. The third-order valence-electron chi connectivity index (χ3n) is 2.95. The van der Waals surface area contributed by atoms with Gasteiger partial charge in [0, 0.05) is 31.7 Å². The van der Waals surface area contributed by atoms with Crippen molar-refractivity contribution in [3.05, 3.63) is 0 Å². The summed E-state index contributed by atoms with van der Waals surface area (Å²) in [7, 11) is 0. The van der Waals surface area contributed by atoms with E-state index in [0.717, 1.165) is 19.0 Å². The molecule has 4 nitrogen and oxygen atoms in total. The van der Waals surface area contributed by atoms with Gasteiger partial charge in [0.25, 0.3) is 0 Å². The number of hydrogen-bond acceptors (Lipinski definition) is 4. The summed E-state index contributed by atoms with van der Waals surface area (Å²) in [6, 6.07) is 0. The van der Waals surface area contributed by atoms with Crippen molar-refractivity contribution >= 4 is 0 Å². The fourth-order valence-corrected chi connectivity index (χ4v) is 2.81. The number of rotatable bonds is 0. The van der Waals surface area contributed by atoms with Crippen LogP contribution in [0.15, 0.2) is 0 Å². The minimum absolute atomic E-state index is 0.0897. The van der Waals surface area contributed by atoms with Crippen LogP contribution in [0.1, 0.15) is 6.42 Å². The molecule has 0 amide bonds. The number of piperidine rings is 2. The van der Waals surface area contributed by atoms with Crippen molar-refractivity contribution < 1.29 is 0 Å². The second-order valence-corrected chi connectivity index (χ2v) is 4.29. The second kappa shape index (κ2) is 1.77. The maximum Gasteiger partial charge on any atom is 0.0445 e. The Labute approximate surface area is 66.3 Å². The molecule has 3 N–H and O–H groups in total. The molecule has 2 atom stereocenters. The summed E-state index contributed by atoms with van der Waals surface area (Å²) in [5, 5.41) is 4.50. The predicted octanol–water partition coefficient (Wildman–Crippen LogP) is -1.25. The normalized spacial score (nSPS) is 60.3. The van der Waals surface area contributed by atoms with Crippen LogP contribution in [0.3, 0.4) is 0 Å². The van der Waals surface area contributed by atoms with Gasteiger partial charge in [0.2, 0.25) is 0 Å². The van der Waals surface area contributed by atoms with E-state index >= 15 is 0 Å². The van der Waals surface area contributed by atoms with Gasteiger partial charge < -0.3 is 5.73 Å². The maximum atomic E-state index is 6.20. The van der Waals surface area contributed by atoms with Crippen LogP contribution in [0.4, 0.5) is 0 Å². The van der Waals surface area contributed by atoms with Gasteiger partial charge in [-0.15, -0.1) is 0 Å². The average molecular weight is 154 g/mol. The highest BCUT2D eigenvalue weighted by Gasteiger charge is 2.47.